The molecule has 0 aromatic heterocycles. The molecule has 0 spiro atoms. The molecule has 0 amide bonds. The van der Waals surface area contributed by atoms with E-state index in [0.717, 1.165) is 16.9 Å². The number of fused-ring (bicyclic) bond motifs is 6. The number of anilines is 3. The van der Waals surface area contributed by atoms with Gasteiger partial charge in [0.15, 0.2) is 0 Å². The topological polar surface area (TPSA) is 3.24 Å². The van der Waals surface area contributed by atoms with Crippen molar-refractivity contribution in [2.24, 2.45) is 0 Å². The smallest absolute Gasteiger partial charge is 0.0618 e. The summed E-state index contributed by atoms with van der Waals surface area (Å²) >= 11 is 0. The highest BCUT2D eigenvalue weighted by Crippen LogP contribution is 2.53. The van der Waals surface area contributed by atoms with E-state index in [-0.39, 0.29) is 0 Å². The fraction of sp³-hybridized carbons (Fsp3) is 0.0312. The van der Waals surface area contributed by atoms with Crippen molar-refractivity contribution >= 4 is 93.8 Å². The van der Waals surface area contributed by atoms with Crippen LogP contribution in [0.4, 0.5) is 17.1 Å². The van der Waals surface area contributed by atoms with Crippen molar-refractivity contribution in [2.45, 2.75) is 13.8 Å². The molecular weight excluding hydrogens is 783 g/mol. The van der Waals surface area contributed by atoms with Gasteiger partial charge in [0.05, 0.1) is 5.69 Å². The van der Waals surface area contributed by atoms with Gasteiger partial charge in [-0.15, -0.1) is 0 Å². The van der Waals surface area contributed by atoms with Crippen molar-refractivity contribution in [3.05, 3.63) is 247 Å². The van der Waals surface area contributed by atoms with Gasteiger partial charge in [0.2, 0.25) is 0 Å². The van der Waals surface area contributed by atoms with Crippen LogP contribution in [0.15, 0.2) is 224 Å². The maximum Gasteiger partial charge on any atom is 0.0618 e. The quantitative estimate of drug-likeness (QED) is 0.114. The Balaban J connectivity index is 1.14. The average molecular weight is 828 g/mol. The lowest BCUT2D eigenvalue weighted by atomic mass is 9.81. The largest absolute Gasteiger partial charge is 0.309 e. The third-order valence-corrected chi connectivity index (χ3v) is 13.3. The Labute approximate surface area is 379 Å². The standard InChI is InChI=1S/C64H45N/c1-42-27-31-44(32-28-42)33-34-45-35-39-49(40-36-45)65(48-37-29-43(2)30-38-48)64-58-25-13-11-23-56(58)63(57-24-12-14-26-59(57)64)62-54-21-9-7-19-52(54)61(53-20-8-10-22-55(53)62)60-50-17-5-3-15-46(50)41-47-16-4-6-18-51(47)60/h3-41H,1-2H3. The van der Waals surface area contributed by atoms with Crippen molar-refractivity contribution in [3.8, 4) is 22.3 Å². The highest BCUT2D eigenvalue weighted by Gasteiger charge is 2.26. The molecule has 0 radical (unpaired) electrons. The number of nitrogens with zero attached hydrogens (tertiary/aromatic N) is 1. The minimum atomic E-state index is 1.10. The van der Waals surface area contributed by atoms with Gasteiger partial charge in [-0.2, -0.15) is 0 Å². The van der Waals surface area contributed by atoms with E-state index < -0.39 is 0 Å². The first kappa shape index (κ1) is 38.4. The van der Waals surface area contributed by atoms with Crippen LogP contribution in [0.25, 0.3) is 99.0 Å². The maximum absolute atomic E-state index is 2.46. The minimum absolute atomic E-state index is 1.10. The summed E-state index contributed by atoms with van der Waals surface area (Å²) in [5.74, 6) is 0. The van der Waals surface area contributed by atoms with E-state index >= 15 is 0 Å². The van der Waals surface area contributed by atoms with Gasteiger partial charge in [0, 0.05) is 22.1 Å². The van der Waals surface area contributed by atoms with Crippen molar-refractivity contribution < 1.29 is 0 Å². The zero-order valence-corrected chi connectivity index (χ0v) is 36.5. The highest BCUT2D eigenvalue weighted by molar-refractivity contribution is 6.32. The first-order valence-electron chi connectivity index (χ1n) is 22.6. The number of hydrogen-bond acceptors (Lipinski definition) is 1. The number of hydrogen-bond donors (Lipinski definition) is 0. The van der Waals surface area contributed by atoms with Crippen molar-refractivity contribution in [3.63, 3.8) is 0 Å². The molecule has 65 heavy (non-hydrogen) atoms. The molecule has 0 atom stereocenters. The zero-order valence-electron chi connectivity index (χ0n) is 36.5. The molecule has 1 nitrogen and oxygen atoms in total. The highest BCUT2D eigenvalue weighted by atomic mass is 15.1. The number of benzene rings is 12. The van der Waals surface area contributed by atoms with E-state index in [2.05, 4.69) is 255 Å². The van der Waals surface area contributed by atoms with Crippen LogP contribution in [0.1, 0.15) is 22.3 Å². The predicted molar refractivity (Wildman–Crippen MR) is 282 cm³/mol. The molecule has 12 aromatic carbocycles. The van der Waals surface area contributed by atoms with Crippen molar-refractivity contribution in [1.82, 2.24) is 0 Å². The molecule has 0 saturated heterocycles. The van der Waals surface area contributed by atoms with Gasteiger partial charge >= 0.3 is 0 Å². The molecule has 0 unspecified atom stereocenters. The summed E-state index contributed by atoms with van der Waals surface area (Å²) in [4.78, 5) is 2.46. The van der Waals surface area contributed by atoms with Crippen LogP contribution in [-0.4, -0.2) is 0 Å². The lowest BCUT2D eigenvalue weighted by Gasteiger charge is -2.30. The van der Waals surface area contributed by atoms with Gasteiger partial charge in [-0.05, 0) is 131 Å². The van der Waals surface area contributed by atoms with Crippen LogP contribution in [0.5, 0.6) is 0 Å². The summed E-state index contributed by atoms with van der Waals surface area (Å²) in [5.41, 5.74) is 13.3. The molecule has 306 valence electrons. The third kappa shape index (κ3) is 6.55. The molecule has 0 bridgehead atoms. The van der Waals surface area contributed by atoms with Crippen molar-refractivity contribution in [1.29, 1.82) is 0 Å². The molecule has 0 N–H and O–H groups in total. The molecule has 0 heterocycles. The lowest BCUT2D eigenvalue weighted by molar-refractivity contribution is 1.30. The van der Waals surface area contributed by atoms with Gasteiger partial charge in [-0.3, -0.25) is 0 Å². The SMILES string of the molecule is Cc1ccc(C=Cc2ccc(N(c3ccc(C)cc3)c3c4ccccc4c(-c4c5ccccc5c(-c5c6ccccc6cc6ccccc56)c5ccccc45)c4ccccc34)cc2)cc1. The summed E-state index contributed by atoms with van der Waals surface area (Å²) in [6.07, 6.45) is 4.39. The van der Waals surface area contributed by atoms with E-state index in [1.54, 1.807) is 0 Å². The van der Waals surface area contributed by atoms with Crippen LogP contribution in [0, 0.1) is 13.8 Å². The lowest BCUT2D eigenvalue weighted by Crippen LogP contribution is -2.11. The Morgan fingerprint density at radius 1 is 0.277 bits per heavy atom. The molecule has 0 aliphatic carbocycles. The fourth-order valence-electron chi connectivity index (χ4n) is 10.3. The Morgan fingerprint density at radius 3 is 0.954 bits per heavy atom. The number of rotatable bonds is 7. The van der Waals surface area contributed by atoms with Crippen molar-refractivity contribution in [2.75, 3.05) is 4.90 Å². The summed E-state index contributed by atoms with van der Waals surface area (Å²) in [7, 11) is 0. The predicted octanol–water partition coefficient (Wildman–Crippen LogP) is 18.2. The van der Waals surface area contributed by atoms with Crippen LogP contribution in [0.3, 0.4) is 0 Å². The molecule has 0 saturated carbocycles. The Kier molecular flexibility index (Phi) is 9.35. The van der Waals surface area contributed by atoms with E-state index in [4.69, 9.17) is 0 Å². The van der Waals surface area contributed by atoms with Crippen LogP contribution in [0.2, 0.25) is 0 Å². The molecule has 0 aliphatic heterocycles. The van der Waals surface area contributed by atoms with Gasteiger partial charge in [0.1, 0.15) is 0 Å². The summed E-state index contributed by atoms with van der Waals surface area (Å²) in [6.45, 7) is 4.29. The molecule has 0 fully saturated rings. The van der Waals surface area contributed by atoms with Crippen LogP contribution < -0.4 is 4.90 Å². The first-order valence-corrected chi connectivity index (χ1v) is 22.6. The fourth-order valence-corrected chi connectivity index (χ4v) is 10.3. The maximum atomic E-state index is 2.46. The van der Waals surface area contributed by atoms with E-state index in [0.29, 0.717) is 0 Å². The van der Waals surface area contributed by atoms with Crippen LogP contribution >= 0.6 is 0 Å². The second kappa shape index (κ2) is 15.8. The van der Waals surface area contributed by atoms with E-state index in [1.807, 2.05) is 0 Å². The Hall–Kier alpha value is -8.26. The molecule has 12 aromatic rings. The van der Waals surface area contributed by atoms with E-state index in [9.17, 15) is 0 Å². The molecule has 0 aliphatic rings. The summed E-state index contributed by atoms with van der Waals surface area (Å²) < 4.78 is 0. The van der Waals surface area contributed by atoms with Gasteiger partial charge in [0.25, 0.3) is 0 Å². The Bertz CT molecular complexity index is 3650. The minimum Gasteiger partial charge on any atom is -0.309 e. The van der Waals surface area contributed by atoms with Gasteiger partial charge < -0.3 is 4.90 Å². The van der Waals surface area contributed by atoms with Crippen LogP contribution in [-0.2, 0) is 0 Å². The molecular formula is C64H45N. The normalized spacial score (nSPS) is 11.8. The molecule has 12 rings (SSSR count). The summed E-state index contributed by atoms with van der Waals surface area (Å²) in [5, 5.41) is 14.8. The van der Waals surface area contributed by atoms with Gasteiger partial charge in [-0.1, -0.05) is 217 Å². The zero-order chi connectivity index (χ0) is 43.4. The second-order valence-corrected chi connectivity index (χ2v) is 17.4. The van der Waals surface area contributed by atoms with Gasteiger partial charge in [-0.25, -0.2) is 0 Å². The van der Waals surface area contributed by atoms with E-state index in [1.165, 1.54) is 109 Å². The Morgan fingerprint density at radius 2 is 0.554 bits per heavy atom. The average Bonchev–Trinajstić information content (AvgIpc) is 3.36. The summed E-state index contributed by atoms with van der Waals surface area (Å²) in [6, 6.07) is 83.1. The second-order valence-electron chi connectivity index (χ2n) is 17.4. The first-order chi connectivity index (χ1) is 32.1. The number of aryl methyl sites for hydroxylation is 2. The monoisotopic (exact) mass is 827 g/mol. The third-order valence-electron chi connectivity index (χ3n) is 13.3. The molecule has 1 heteroatoms.